The molecule has 0 spiro atoms. The number of rotatable bonds is 5. The quantitative estimate of drug-likeness (QED) is 0.866. The molecule has 2 nitrogen and oxygen atoms in total. The van der Waals surface area contributed by atoms with Crippen LogP contribution >= 0.6 is 11.3 Å². The lowest BCUT2D eigenvalue weighted by atomic mass is 10.0. The average molecular weight is 274 g/mol. The highest BCUT2D eigenvalue weighted by atomic mass is 32.1. The van der Waals surface area contributed by atoms with Crippen molar-refractivity contribution in [2.24, 2.45) is 5.92 Å². The van der Waals surface area contributed by atoms with E-state index in [9.17, 15) is 0 Å². The molecule has 1 N–H and O–H groups in total. The van der Waals surface area contributed by atoms with Gasteiger partial charge in [0, 0.05) is 12.2 Å². The topological polar surface area (TPSA) is 24.9 Å². The fraction of sp³-hybridized carbons (Fsp3) is 0.562. The SMILES string of the molecule is CC(NCCC1CCCC1)c1cnc2ccsc2c1. The number of hydrogen-bond acceptors (Lipinski definition) is 3. The summed E-state index contributed by atoms with van der Waals surface area (Å²) in [7, 11) is 0. The molecule has 3 heteroatoms. The van der Waals surface area contributed by atoms with Gasteiger partial charge in [-0.3, -0.25) is 4.98 Å². The van der Waals surface area contributed by atoms with E-state index in [1.54, 1.807) is 11.3 Å². The van der Waals surface area contributed by atoms with Gasteiger partial charge in [0.05, 0.1) is 10.2 Å². The van der Waals surface area contributed by atoms with Gasteiger partial charge in [-0.15, -0.1) is 11.3 Å². The van der Waals surface area contributed by atoms with E-state index in [-0.39, 0.29) is 0 Å². The summed E-state index contributed by atoms with van der Waals surface area (Å²) in [5, 5.41) is 5.76. The number of nitrogens with one attached hydrogen (secondary N) is 1. The Balaban J connectivity index is 1.55. The normalized spacial score (nSPS) is 18.2. The minimum Gasteiger partial charge on any atom is -0.310 e. The number of pyridine rings is 1. The molecule has 0 saturated heterocycles. The molecule has 2 aromatic rings. The third-order valence-corrected chi connectivity index (χ3v) is 5.15. The molecule has 2 aromatic heterocycles. The van der Waals surface area contributed by atoms with Crippen molar-refractivity contribution in [1.29, 1.82) is 0 Å². The van der Waals surface area contributed by atoms with Gasteiger partial charge in [0.1, 0.15) is 0 Å². The summed E-state index contributed by atoms with van der Waals surface area (Å²) in [4.78, 5) is 4.52. The Hall–Kier alpha value is -0.930. The number of hydrogen-bond donors (Lipinski definition) is 1. The summed E-state index contributed by atoms with van der Waals surface area (Å²) in [6, 6.07) is 4.77. The van der Waals surface area contributed by atoms with Crippen LogP contribution < -0.4 is 5.32 Å². The maximum Gasteiger partial charge on any atom is 0.0809 e. The molecular weight excluding hydrogens is 252 g/mol. The van der Waals surface area contributed by atoms with Gasteiger partial charge in [-0.25, -0.2) is 0 Å². The van der Waals surface area contributed by atoms with Crippen LogP contribution in [-0.4, -0.2) is 11.5 Å². The maximum absolute atomic E-state index is 4.52. The number of thiophene rings is 1. The Morgan fingerprint density at radius 3 is 3.11 bits per heavy atom. The first-order valence-corrected chi connectivity index (χ1v) is 8.27. The largest absolute Gasteiger partial charge is 0.310 e. The Morgan fingerprint density at radius 1 is 1.42 bits per heavy atom. The second-order valence-corrected chi connectivity index (χ2v) is 6.64. The van der Waals surface area contributed by atoms with Crippen LogP contribution in [0.1, 0.15) is 50.6 Å². The van der Waals surface area contributed by atoms with Crippen molar-refractivity contribution < 1.29 is 0 Å². The minimum atomic E-state index is 0.403. The molecule has 1 aliphatic rings. The molecule has 0 aliphatic heterocycles. The number of aromatic nitrogens is 1. The standard InChI is InChI=1S/C16H22N2S/c1-12(17-8-6-13-4-2-3-5-13)14-10-16-15(18-11-14)7-9-19-16/h7,9-13,17H,2-6,8H2,1H3. The fourth-order valence-electron chi connectivity index (χ4n) is 3.02. The van der Waals surface area contributed by atoms with Gasteiger partial charge in [0.2, 0.25) is 0 Å². The summed E-state index contributed by atoms with van der Waals surface area (Å²) >= 11 is 1.77. The van der Waals surface area contributed by atoms with E-state index in [1.807, 2.05) is 6.20 Å². The molecule has 1 atom stereocenters. The molecule has 3 rings (SSSR count). The maximum atomic E-state index is 4.52. The predicted molar refractivity (Wildman–Crippen MR) is 82.6 cm³/mol. The van der Waals surface area contributed by atoms with E-state index in [0.29, 0.717) is 6.04 Å². The second kappa shape index (κ2) is 6.02. The Morgan fingerprint density at radius 2 is 2.26 bits per heavy atom. The Labute approximate surface area is 119 Å². The molecule has 19 heavy (non-hydrogen) atoms. The average Bonchev–Trinajstić information content (AvgIpc) is 3.08. The van der Waals surface area contributed by atoms with E-state index in [4.69, 9.17) is 0 Å². The molecular formula is C16H22N2S. The highest BCUT2D eigenvalue weighted by Crippen LogP contribution is 2.27. The molecule has 1 aliphatic carbocycles. The molecule has 0 aromatic carbocycles. The van der Waals surface area contributed by atoms with E-state index in [2.05, 4.69) is 34.7 Å². The molecule has 2 heterocycles. The zero-order valence-electron chi connectivity index (χ0n) is 11.6. The van der Waals surface area contributed by atoms with Crippen LogP contribution in [0.4, 0.5) is 0 Å². The van der Waals surface area contributed by atoms with Crippen LogP contribution in [0.3, 0.4) is 0 Å². The lowest BCUT2D eigenvalue weighted by Gasteiger charge is -2.16. The molecule has 0 bridgehead atoms. The molecule has 0 amide bonds. The van der Waals surface area contributed by atoms with Crippen molar-refractivity contribution in [1.82, 2.24) is 10.3 Å². The first kappa shape index (κ1) is 13.1. The van der Waals surface area contributed by atoms with Crippen LogP contribution in [0.2, 0.25) is 0 Å². The first-order chi connectivity index (χ1) is 9.33. The second-order valence-electron chi connectivity index (χ2n) is 5.69. The summed E-state index contributed by atoms with van der Waals surface area (Å²) in [5.74, 6) is 0.970. The molecule has 0 radical (unpaired) electrons. The van der Waals surface area contributed by atoms with Crippen LogP contribution in [0.25, 0.3) is 10.2 Å². The van der Waals surface area contributed by atoms with Gasteiger partial charge in [-0.1, -0.05) is 25.7 Å². The number of fused-ring (bicyclic) bond motifs is 1. The summed E-state index contributed by atoms with van der Waals surface area (Å²) in [6.45, 7) is 3.37. The summed E-state index contributed by atoms with van der Waals surface area (Å²) < 4.78 is 1.29. The highest BCUT2D eigenvalue weighted by Gasteiger charge is 2.15. The first-order valence-electron chi connectivity index (χ1n) is 7.39. The van der Waals surface area contributed by atoms with E-state index >= 15 is 0 Å². The van der Waals surface area contributed by atoms with Gasteiger partial charge >= 0.3 is 0 Å². The van der Waals surface area contributed by atoms with Crippen molar-refractivity contribution >= 4 is 21.6 Å². The highest BCUT2D eigenvalue weighted by molar-refractivity contribution is 7.17. The van der Waals surface area contributed by atoms with E-state index in [1.165, 1.54) is 42.4 Å². The monoisotopic (exact) mass is 274 g/mol. The van der Waals surface area contributed by atoms with Crippen LogP contribution in [0.15, 0.2) is 23.7 Å². The van der Waals surface area contributed by atoms with Crippen molar-refractivity contribution in [3.8, 4) is 0 Å². The van der Waals surface area contributed by atoms with Crippen molar-refractivity contribution in [3.63, 3.8) is 0 Å². The summed E-state index contributed by atoms with van der Waals surface area (Å²) in [5.41, 5.74) is 2.42. The lowest BCUT2D eigenvalue weighted by Crippen LogP contribution is -2.21. The van der Waals surface area contributed by atoms with E-state index < -0.39 is 0 Å². The molecule has 102 valence electrons. The zero-order valence-corrected chi connectivity index (χ0v) is 12.4. The molecule has 1 fully saturated rings. The third kappa shape index (κ3) is 3.15. The van der Waals surface area contributed by atoms with Crippen LogP contribution in [0.5, 0.6) is 0 Å². The smallest absolute Gasteiger partial charge is 0.0809 e. The minimum absolute atomic E-state index is 0.403. The van der Waals surface area contributed by atoms with Gasteiger partial charge in [-0.05, 0) is 48.9 Å². The van der Waals surface area contributed by atoms with Crippen LogP contribution in [0, 0.1) is 5.92 Å². The van der Waals surface area contributed by atoms with Gasteiger partial charge in [0.25, 0.3) is 0 Å². The van der Waals surface area contributed by atoms with Crippen molar-refractivity contribution in [3.05, 3.63) is 29.3 Å². The molecule has 1 saturated carbocycles. The Bertz CT molecular complexity index is 528. The summed E-state index contributed by atoms with van der Waals surface area (Å²) in [6.07, 6.45) is 9.12. The predicted octanol–water partition coefficient (Wildman–Crippen LogP) is 4.53. The zero-order chi connectivity index (χ0) is 13.1. The van der Waals surface area contributed by atoms with Gasteiger partial charge < -0.3 is 5.32 Å². The van der Waals surface area contributed by atoms with Crippen molar-refractivity contribution in [2.45, 2.75) is 45.1 Å². The third-order valence-electron chi connectivity index (χ3n) is 4.30. The van der Waals surface area contributed by atoms with Gasteiger partial charge in [-0.2, -0.15) is 0 Å². The van der Waals surface area contributed by atoms with Crippen LogP contribution in [-0.2, 0) is 0 Å². The van der Waals surface area contributed by atoms with Crippen molar-refractivity contribution in [2.75, 3.05) is 6.54 Å². The Kier molecular flexibility index (Phi) is 4.14. The number of nitrogens with zero attached hydrogens (tertiary/aromatic N) is 1. The van der Waals surface area contributed by atoms with E-state index in [0.717, 1.165) is 18.0 Å². The van der Waals surface area contributed by atoms with Gasteiger partial charge in [0.15, 0.2) is 0 Å². The molecule has 1 unspecified atom stereocenters. The lowest BCUT2D eigenvalue weighted by molar-refractivity contribution is 0.455. The fourth-order valence-corrected chi connectivity index (χ4v) is 3.81.